The lowest BCUT2D eigenvalue weighted by molar-refractivity contribution is -0.113. The van der Waals surface area contributed by atoms with Gasteiger partial charge in [0.15, 0.2) is 16.6 Å². The molecule has 0 saturated carbocycles. The first-order chi connectivity index (χ1) is 13.1. The van der Waals surface area contributed by atoms with Gasteiger partial charge in [-0.05, 0) is 43.3 Å². The molecule has 0 bridgehead atoms. The van der Waals surface area contributed by atoms with E-state index in [0.29, 0.717) is 27.2 Å². The number of fused-ring (bicyclic) bond motifs is 1. The molecule has 4 aromatic rings. The van der Waals surface area contributed by atoms with Gasteiger partial charge < -0.3 is 5.32 Å². The summed E-state index contributed by atoms with van der Waals surface area (Å²) in [5.41, 5.74) is 2.15. The third kappa shape index (κ3) is 3.96. The molecule has 0 fully saturated rings. The molecule has 4 rings (SSSR count). The van der Waals surface area contributed by atoms with Crippen LogP contribution in [0.1, 0.15) is 5.69 Å². The third-order valence-corrected chi connectivity index (χ3v) is 5.35. The van der Waals surface area contributed by atoms with Gasteiger partial charge in [0.25, 0.3) is 0 Å². The second-order valence-corrected chi connectivity index (χ2v) is 7.46. The number of carbonyl (C=O) groups is 1. The van der Waals surface area contributed by atoms with Gasteiger partial charge in [0.05, 0.1) is 11.4 Å². The van der Waals surface area contributed by atoms with Crippen LogP contribution >= 0.6 is 23.1 Å². The van der Waals surface area contributed by atoms with Crippen LogP contribution in [0, 0.1) is 12.7 Å². The Labute approximate surface area is 161 Å². The maximum absolute atomic E-state index is 13.1. The predicted octanol–water partition coefficient (Wildman–Crippen LogP) is 3.43. The Morgan fingerprint density at radius 2 is 2.04 bits per heavy atom. The highest BCUT2D eigenvalue weighted by Crippen LogP contribution is 2.21. The molecule has 0 saturated heterocycles. The molecule has 0 aliphatic heterocycles. The summed E-state index contributed by atoms with van der Waals surface area (Å²) in [7, 11) is 0. The van der Waals surface area contributed by atoms with Crippen LogP contribution in [0.5, 0.6) is 0 Å². The molecule has 0 radical (unpaired) electrons. The SMILES string of the molecule is Cc1csc(NC(=O)CSc2ccc3nnc(-c4ccc(F)cc4)n3n2)n1. The number of thioether (sulfide) groups is 1. The maximum Gasteiger partial charge on any atom is 0.236 e. The Balaban J connectivity index is 1.50. The first-order valence-electron chi connectivity index (χ1n) is 7.92. The number of amides is 1. The Bertz CT molecular complexity index is 1110. The molecule has 1 amide bonds. The smallest absolute Gasteiger partial charge is 0.236 e. The highest BCUT2D eigenvalue weighted by molar-refractivity contribution is 7.99. The molecule has 0 spiro atoms. The second-order valence-electron chi connectivity index (χ2n) is 5.60. The summed E-state index contributed by atoms with van der Waals surface area (Å²) in [4.78, 5) is 16.3. The molecule has 7 nitrogen and oxygen atoms in total. The summed E-state index contributed by atoms with van der Waals surface area (Å²) in [6, 6.07) is 9.52. The van der Waals surface area contributed by atoms with Gasteiger partial charge in [-0.15, -0.1) is 21.5 Å². The van der Waals surface area contributed by atoms with Gasteiger partial charge >= 0.3 is 0 Å². The molecule has 0 atom stereocenters. The molecule has 0 aliphatic carbocycles. The number of carbonyl (C=O) groups excluding carboxylic acids is 1. The second kappa shape index (κ2) is 7.41. The zero-order valence-corrected chi connectivity index (χ0v) is 15.7. The quantitative estimate of drug-likeness (QED) is 0.517. The average Bonchev–Trinajstić information content (AvgIpc) is 3.26. The lowest BCUT2D eigenvalue weighted by Crippen LogP contribution is -2.14. The van der Waals surface area contributed by atoms with Crippen LogP contribution in [0.3, 0.4) is 0 Å². The van der Waals surface area contributed by atoms with Gasteiger partial charge in [0, 0.05) is 10.9 Å². The summed E-state index contributed by atoms with van der Waals surface area (Å²) in [6.07, 6.45) is 0. The number of hydrogen-bond acceptors (Lipinski definition) is 7. The molecule has 3 aromatic heterocycles. The monoisotopic (exact) mass is 400 g/mol. The number of nitrogens with zero attached hydrogens (tertiary/aromatic N) is 5. The van der Waals surface area contributed by atoms with Crippen molar-refractivity contribution in [1.82, 2.24) is 24.8 Å². The van der Waals surface area contributed by atoms with Crippen molar-refractivity contribution in [3.63, 3.8) is 0 Å². The third-order valence-electron chi connectivity index (χ3n) is 3.56. The number of anilines is 1. The molecule has 10 heteroatoms. The number of benzene rings is 1. The van der Waals surface area contributed by atoms with Gasteiger partial charge in [0.1, 0.15) is 10.8 Å². The number of thiazole rings is 1. The van der Waals surface area contributed by atoms with E-state index in [-0.39, 0.29) is 17.5 Å². The van der Waals surface area contributed by atoms with Crippen LogP contribution in [0.4, 0.5) is 9.52 Å². The van der Waals surface area contributed by atoms with Crippen molar-refractivity contribution >= 4 is 39.8 Å². The van der Waals surface area contributed by atoms with Crippen molar-refractivity contribution in [2.24, 2.45) is 0 Å². The normalized spacial score (nSPS) is 11.0. The van der Waals surface area contributed by atoms with E-state index >= 15 is 0 Å². The van der Waals surface area contributed by atoms with Gasteiger partial charge in [-0.25, -0.2) is 9.37 Å². The van der Waals surface area contributed by atoms with E-state index in [4.69, 9.17) is 0 Å². The van der Waals surface area contributed by atoms with E-state index in [1.807, 2.05) is 12.3 Å². The van der Waals surface area contributed by atoms with E-state index in [9.17, 15) is 9.18 Å². The maximum atomic E-state index is 13.1. The van der Waals surface area contributed by atoms with Crippen molar-refractivity contribution in [2.45, 2.75) is 11.9 Å². The lowest BCUT2D eigenvalue weighted by atomic mass is 10.2. The summed E-state index contributed by atoms with van der Waals surface area (Å²) < 4.78 is 14.7. The molecule has 3 heterocycles. The Kier molecular flexibility index (Phi) is 4.82. The minimum Gasteiger partial charge on any atom is -0.301 e. The number of aromatic nitrogens is 5. The highest BCUT2D eigenvalue weighted by atomic mass is 32.2. The van der Waals surface area contributed by atoms with Crippen molar-refractivity contribution in [3.8, 4) is 11.4 Å². The minimum atomic E-state index is -0.321. The first-order valence-corrected chi connectivity index (χ1v) is 9.78. The lowest BCUT2D eigenvalue weighted by Gasteiger charge is -2.03. The zero-order chi connectivity index (χ0) is 18.8. The van der Waals surface area contributed by atoms with Gasteiger partial charge in [-0.1, -0.05) is 11.8 Å². The average molecular weight is 400 g/mol. The topological polar surface area (TPSA) is 85.1 Å². The standard InChI is InChI=1S/C17H13FN6OS2/c1-10-8-27-17(19-10)20-14(25)9-26-15-7-6-13-21-22-16(24(13)23-15)11-2-4-12(18)5-3-11/h2-8H,9H2,1H3,(H,19,20,25). The summed E-state index contributed by atoms with van der Waals surface area (Å²) in [5, 5.41) is 18.5. The number of hydrogen-bond donors (Lipinski definition) is 1. The number of rotatable bonds is 5. The predicted molar refractivity (Wildman–Crippen MR) is 102 cm³/mol. The van der Waals surface area contributed by atoms with Crippen molar-refractivity contribution in [3.05, 3.63) is 53.3 Å². The molecular weight excluding hydrogens is 387 g/mol. The van der Waals surface area contributed by atoms with Crippen molar-refractivity contribution < 1.29 is 9.18 Å². The molecule has 1 aromatic carbocycles. The van der Waals surface area contributed by atoms with E-state index in [0.717, 1.165) is 5.69 Å². The summed E-state index contributed by atoms with van der Waals surface area (Å²) >= 11 is 2.68. The molecule has 0 unspecified atom stereocenters. The fourth-order valence-electron chi connectivity index (χ4n) is 2.33. The Morgan fingerprint density at radius 1 is 1.22 bits per heavy atom. The van der Waals surface area contributed by atoms with Crippen molar-refractivity contribution in [2.75, 3.05) is 11.1 Å². The summed E-state index contributed by atoms with van der Waals surface area (Å²) in [6.45, 7) is 1.87. The van der Waals surface area contributed by atoms with Crippen LogP contribution in [0.25, 0.3) is 17.0 Å². The molecule has 27 heavy (non-hydrogen) atoms. The van der Waals surface area contributed by atoms with Crippen molar-refractivity contribution in [1.29, 1.82) is 0 Å². The molecule has 0 aliphatic rings. The van der Waals surface area contributed by atoms with Crippen LogP contribution in [-0.4, -0.2) is 36.5 Å². The van der Waals surface area contributed by atoms with Gasteiger partial charge in [-0.2, -0.15) is 9.61 Å². The number of halogens is 1. The van der Waals surface area contributed by atoms with Gasteiger partial charge in [0.2, 0.25) is 5.91 Å². The van der Waals surface area contributed by atoms with Gasteiger partial charge in [-0.3, -0.25) is 4.79 Å². The molecule has 136 valence electrons. The van der Waals surface area contributed by atoms with Crippen LogP contribution in [-0.2, 0) is 4.79 Å². The van der Waals surface area contributed by atoms with Crippen LogP contribution in [0.2, 0.25) is 0 Å². The van der Waals surface area contributed by atoms with E-state index < -0.39 is 0 Å². The number of aryl methyl sites for hydroxylation is 1. The van der Waals surface area contributed by atoms with E-state index in [2.05, 4.69) is 25.6 Å². The van der Waals surface area contributed by atoms with E-state index in [1.54, 1.807) is 28.8 Å². The highest BCUT2D eigenvalue weighted by Gasteiger charge is 2.12. The van der Waals surface area contributed by atoms with Crippen LogP contribution in [0.15, 0.2) is 46.8 Å². The summed E-state index contributed by atoms with van der Waals surface area (Å²) in [5.74, 6) is 0.234. The minimum absolute atomic E-state index is 0.154. The first kappa shape index (κ1) is 17.6. The molecule has 1 N–H and O–H groups in total. The fraction of sp³-hybridized carbons (Fsp3) is 0.118. The zero-order valence-electron chi connectivity index (χ0n) is 14.1. The largest absolute Gasteiger partial charge is 0.301 e. The number of nitrogens with one attached hydrogen (secondary N) is 1. The Hall–Kier alpha value is -2.85. The Morgan fingerprint density at radius 3 is 2.78 bits per heavy atom. The fourth-order valence-corrected chi connectivity index (χ4v) is 3.69. The molecular formula is C17H13FN6OS2. The van der Waals surface area contributed by atoms with Crippen LogP contribution < -0.4 is 5.32 Å². The van der Waals surface area contributed by atoms with E-state index in [1.165, 1.54) is 35.2 Å².